The Labute approximate surface area is 103 Å². The minimum absolute atomic E-state index is 0.111. The summed E-state index contributed by atoms with van der Waals surface area (Å²) in [6.07, 6.45) is 0.772. The first-order valence-corrected chi connectivity index (χ1v) is 6.19. The lowest BCUT2D eigenvalue weighted by atomic mass is 9.85. The molecule has 98 valence electrons. The minimum atomic E-state index is -0.485. The third kappa shape index (κ3) is 3.80. The predicted molar refractivity (Wildman–Crippen MR) is 65.1 cm³/mol. The Morgan fingerprint density at radius 1 is 1.29 bits per heavy atom. The van der Waals surface area contributed by atoms with E-state index in [0.29, 0.717) is 13.1 Å². The second-order valence-corrected chi connectivity index (χ2v) is 6.00. The maximum Gasteiger partial charge on any atom is 0.330 e. The van der Waals surface area contributed by atoms with Crippen LogP contribution >= 0.6 is 0 Å². The molecule has 0 saturated carbocycles. The van der Waals surface area contributed by atoms with E-state index in [2.05, 4.69) is 0 Å². The van der Waals surface area contributed by atoms with Gasteiger partial charge >= 0.3 is 5.97 Å². The summed E-state index contributed by atoms with van der Waals surface area (Å²) >= 11 is 0. The summed E-state index contributed by atoms with van der Waals surface area (Å²) in [5.41, 5.74) is -0.485. The lowest BCUT2D eigenvalue weighted by Crippen LogP contribution is -2.44. The first-order valence-electron chi connectivity index (χ1n) is 6.19. The Balaban J connectivity index is 2.51. The zero-order valence-electron chi connectivity index (χ0n) is 11.4. The van der Waals surface area contributed by atoms with Gasteiger partial charge in [0.05, 0.1) is 5.41 Å². The van der Waals surface area contributed by atoms with E-state index in [1.165, 1.54) is 0 Å². The second kappa shape index (κ2) is 5.17. The van der Waals surface area contributed by atoms with Crippen LogP contribution in [0.3, 0.4) is 0 Å². The molecule has 1 fully saturated rings. The van der Waals surface area contributed by atoms with Crippen LogP contribution in [-0.2, 0) is 14.4 Å². The van der Waals surface area contributed by atoms with Crippen LogP contribution in [0.2, 0.25) is 0 Å². The second-order valence-electron chi connectivity index (χ2n) is 6.00. The van der Waals surface area contributed by atoms with Gasteiger partial charge < -0.3 is 4.84 Å². The van der Waals surface area contributed by atoms with E-state index >= 15 is 0 Å². The maximum atomic E-state index is 11.7. The highest BCUT2D eigenvalue weighted by atomic mass is 16.7. The van der Waals surface area contributed by atoms with Crippen molar-refractivity contribution in [3.8, 4) is 0 Å². The Bertz CT molecular complexity index is 306. The van der Waals surface area contributed by atoms with E-state index in [0.717, 1.165) is 6.42 Å². The van der Waals surface area contributed by atoms with Crippen LogP contribution in [-0.4, -0.2) is 29.9 Å². The molecule has 0 N–H and O–H groups in total. The first-order chi connectivity index (χ1) is 7.71. The van der Waals surface area contributed by atoms with Crippen molar-refractivity contribution in [1.82, 2.24) is 5.06 Å². The lowest BCUT2D eigenvalue weighted by Gasteiger charge is -2.35. The monoisotopic (exact) mass is 241 g/mol. The zero-order chi connectivity index (χ0) is 13.2. The molecule has 0 spiro atoms. The van der Waals surface area contributed by atoms with Crippen LogP contribution in [0, 0.1) is 17.3 Å². The number of ketones is 1. The summed E-state index contributed by atoms with van der Waals surface area (Å²) in [6, 6.07) is 0. The highest BCUT2D eigenvalue weighted by Crippen LogP contribution is 2.25. The van der Waals surface area contributed by atoms with Crippen molar-refractivity contribution < 1.29 is 14.4 Å². The number of carbonyl (C=O) groups excluding carboxylic acids is 2. The number of hydroxylamine groups is 2. The Morgan fingerprint density at radius 2 is 1.88 bits per heavy atom. The Morgan fingerprint density at radius 3 is 2.29 bits per heavy atom. The van der Waals surface area contributed by atoms with Crippen molar-refractivity contribution in [1.29, 1.82) is 0 Å². The van der Waals surface area contributed by atoms with Crippen molar-refractivity contribution in [2.75, 3.05) is 13.1 Å². The average molecular weight is 241 g/mol. The summed E-state index contributed by atoms with van der Waals surface area (Å²) in [7, 11) is 0. The highest BCUT2D eigenvalue weighted by molar-refractivity contribution is 5.78. The molecule has 17 heavy (non-hydrogen) atoms. The van der Waals surface area contributed by atoms with Crippen molar-refractivity contribution >= 4 is 11.8 Å². The lowest BCUT2D eigenvalue weighted by molar-refractivity contribution is -0.209. The van der Waals surface area contributed by atoms with E-state index in [1.807, 2.05) is 27.7 Å². The van der Waals surface area contributed by atoms with E-state index in [-0.39, 0.29) is 23.6 Å². The fourth-order valence-corrected chi connectivity index (χ4v) is 2.05. The topological polar surface area (TPSA) is 46.6 Å². The van der Waals surface area contributed by atoms with Gasteiger partial charge in [0.1, 0.15) is 5.78 Å². The summed E-state index contributed by atoms with van der Waals surface area (Å²) in [4.78, 5) is 28.4. The molecule has 1 rings (SSSR count). The number of carbonyl (C=O) groups is 2. The van der Waals surface area contributed by atoms with Gasteiger partial charge in [0.15, 0.2) is 0 Å². The molecule has 2 unspecified atom stereocenters. The molecule has 0 aliphatic carbocycles. The molecule has 2 atom stereocenters. The quantitative estimate of drug-likeness (QED) is 0.742. The molecular formula is C13H23NO3. The van der Waals surface area contributed by atoms with Crippen LogP contribution in [0.1, 0.15) is 41.0 Å². The standard InChI is InChI=1S/C13H23NO3/c1-9-8-14(7-6-11(9)10(2)15)17-12(16)13(3,4)5/h9,11H,6-8H2,1-5H3. The number of nitrogens with zero attached hydrogens (tertiary/aromatic N) is 1. The molecule has 0 aromatic heterocycles. The normalized spacial score (nSPS) is 26.6. The number of piperidine rings is 1. The van der Waals surface area contributed by atoms with Crippen molar-refractivity contribution in [2.45, 2.75) is 41.0 Å². The number of hydrogen-bond acceptors (Lipinski definition) is 4. The molecule has 0 bridgehead atoms. The fourth-order valence-electron chi connectivity index (χ4n) is 2.05. The van der Waals surface area contributed by atoms with Crippen molar-refractivity contribution in [3.05, 3.63) is 0 Å². The molecule has 0 aromatic rings. The average Bonchev–Trinajstić information content (AvgIpc) is 2.15. The summed E-state index contributed by atoms with van der Waals surface area (Å²) in [5, 5.41) is 1.69. The van der Waals surface area contributed by atoms with E-state index in [1.54, 1.807) is 12.0 Å². The van der Waals surface area contributed by atoms with E-state index in [9.17, 15) is 9.59 Å². The van der Waals surface area contributed by atoms with Gasteiger partial charge in [-0.25, -0.2) is 4.79 Å². The van der Waals surface area contributed by atoms with Gasteiger partial charge in [-0.3, -0.25) is 4.79 Å². The van der Waals surface area contributed by atoms with Gasteiger partial charge in [-0.05, 0) is 40.0 Å². The van der Waals surface area contributed by atoms with Crippen LogP contribution in [0.4, 0.5) is 0 Å². The Hall–Kier alpha value is -0.900. The molecule has 0 radical (unpaired) electrons. The van der Waals surface area contributed by atoms with E-state index < -0.39 is 5.41 Å². The fraction of sp³-hybridized carbons (Fsp3) is 0.846. The van der Waals surface area contributed by atoms with Gasteiger partial charge in [0.2, 0.25) is 0 Å². The molecule has 1 heterocycles. The summed E-state index contributed by atoms with van der Waals surface area (Å²) < 4.78 is 0. The largest absolute Gasteiger partial charge is 0.367 e. The van der Waals surface area contributed by atoms with Crippen molar-refractivity contribution in [3.63, 3.8) is 0 Å². The predicted octanol–water partition coefficient (Wildman–Crippen LogP) is 2.04. The summed E-state index contributed by atoms with van der Waals surface area (Å²) in [5.74, 6) is 0.374. The van der Waals surface area contributed by atoms with Crippen LogP contribution in [0.15, 0.2) is 0 Å². The molecule has 1 aliphatic rings. The minimum Gasteiger partial charge on any atom is -0.367 e. The zero-order valence-corrected chi connectivity index (χ0v) is 11.4. The third-order valence-corrected chi connectivity index (χ3v) is 3.21. The number of Topliss-reactive ketones (excluding diaryl/α,β-unsaturated/α-hetero) is 1. The molecule has 0 aromatic carbocycles. The van der Waals surface area contributed by atoms with Gasteiger partial charge in [0.25, 0.3) is 0 Å². The van der Waals surface area contributed by atoms with Crippen LogP contribution in [0.25, 0.3) is 0 Å². The van der Waals surface area contributed by atoms with Crippen molar-refractivity contribution in [2.24, 2.45) is 17.3 Å². The Kier molecular flexibility index (Phi) is 4.31. The molecular weight excluding hydrogens is 218 g/mol. The van der Waals surface area contributed by atoms with Crippen LogP contribution in [0.5, 0.6) is 0 Å². The van der Waals surface area contributed by atoms with Gasteiger partial charge in [0, 0.05) is 19.0 Å². The molecule has 1 aliphatic heterocycles. The molecule has 4 nitrogen and oxygen atoms in total. The van der Waals surface area contributed by atoms with E-state index in [4.69, 9.17) is 4.84 Å². The molecule has 4 heteroatoms. The maximum absolute atomic E-state index is 11.7. The highest BCUT2D eigenvalue weighted by Gasteiger charge is 2.33. The molecule has 0 amide bonds. The third-order valence-electron chi connectivity index (χ3n) is 3.21. The molecule has 1 saturated heterocycles. The SMILES string of the molecule is CC(=O)C1CCN(OC(=O)C(C)(C)C)CC1C. The number of hydrogen-bond donors (Lipinski definition) is 0. The summed E-state index contributed by atoms with van der Waals surface area (Å²) in [6.45, 7) is 10.5. The van der Waals surface area contributed by atoms with Gasteiger partial charge in [-0.2, -0.15) is 0 Å². The van der Waals surface area contributed by atoms with Gasteiger partial charge in [-0.15, -0.1) is 5.06 Å². The van der Waals surface area contributed by atoms with Crippen LogP contribution < -0.4 is 0 Å². The van der Waals surface area contributed by atoms with Gasteiger partial charge in [-0.1, -0.05) is 6.92 Å². The smallest absolute Gasteiger partial charge is 0.330 e. The first kappa shape index (κ1) is 14.2. The number of rotatable bonds is 2.